The van der Waals surface area contributed by atoms with Gasteiger partial charge in [0.1, 0.15) is 11.8 Å². The molecule has 0 spiro atoms. The summed E-state index contributed by atoms with van der Waals surface area (Å²) in [5, 5.41) is 1.58. The number of hydrazine groups is 1. The Hall–Kier alpha value is -1.59. The predicted octanol–water partition coefficient (Wildman–Crippen LogP) is 0.905. The number of hydrogen-bond acceptors (Lipinski definition) is 4. The molecule has 1 atom stereocenters. The highest BCUT2D eigenvalue weighted by Crippen LogP contribution is 2.26. The number of nitrogens with zero attached hydrogens (tertiary/aromatic N) is 1. The maximum Gasteiger partial charge on any atom is 0.255 e. The number of rotatable bonds is 4. The second kappa shape index (κ2) is 5.84. The van der Waals surface area contributed by atoms with Crippen LogP contribution < -0.4 is 15.9 Å². The molecule has 0 bridgehead atoms. The van der Waals surface area contributed by atoms with Crippen molar-refractivity contribution in [2.75, 3.05) is 21.2 Å². The summed E-state index contributed by atoms with van der Waals surface area (Å²) in [6, 6.07) is 2.98. The lowest BCUT2D eigenvalue weighted by Gasteiger charge is -2.20. The van der Waals surface area contributed by atoms with E-state index in [1.165, 1.54) is 0 Å². The van der Waals surface area contributed by atoms with Gasteiger partial charge in [-0.25, -0.2) is 5.01 Å². The highest BCUT2D eigenvalue weighted by molar-refractivity contribution is 5.83. The monoisotopic (exact) mass is 251 g/mol. The van der Waals surface area contributed by atoms with Crippen LogP contribution in [0.3, 0.4) is 0 Å². The van der Waals surface area contributed by atoms with Crippen molar-refractivity contribution in [3.63, 3.8) is 0 Å². The van der Waals surface area contributed by atoms with E-state index in [9.17, 15) is 4.79 Å². The second-order valence-corrected chi connectivity index (χ2v) is 4.46. The number of hydrogen-bond donors (Lipinski definition) is 2. The van der Waals surface area contributed by atoms with Crippen molar-refractivity contribution in [2.45, 2.75) is 19.9 Å². The molecule has 0 aliphatic rings. The molecule has 5 nitrogen and oxygen atoms in total. The molecule has 0 saturated heterocycles. The van der Waals surface area contributed by atoms with Gasteiger partial charge in [-0.2, -0.15) is 0 Å². The number of ether oxygens (including phenoxy) is 1. The first kappa shape index (κ1) is 14.5. The van der Waals surface area contributed by atoms with E-state index in [0.29, 0.717) is 0 Å². The summed E-state index contributed by atoms with van der Waals surface area (Å²) in [6.45, 7) is 3.89. The van der Waals surface area contributed by atoms with Gasteiger partial charge >= 0.3 is 0 Å². The highest BCUT2D eigenvalue weighted by Gasteiger charge is 2.19. The van der Waals surface area contributed by atoms with Crippen molar-refractivity contribution in [1.82, 2.24) is 10.4 Å². The number of carbonyl (C=O) groups is 1. The second-order valence-electron chi connectivity index (χ2n) is 4.46. The third-order valence-corrected chi connectivity index (χ3v) is 2.95. The van der Waals surface area contributed by atoms with Crippen LogP contribution in [0.25, 0.3) is 0 Å². The van der Waals surface area contributed by atoms with Crippen LogP contribution in [0.15, 0.2) is 12.1 Å². The molecule has 0 aliphatic carbocycles. The largest absolute Gasteiger partial charge is 0.496 e. The molecule has 3 N–H and O–H groups in total. The van der Waals surface area contributed by atoms with Gasteiger partial charge in [0.2, 0.25) is 0 Å². The van der Waals surface area contributed by atoms with Gasteiger partial charge in [-0.15, -0.1) is 0 Å². The van der Waals surface area contributed by atoms with E-state index in [2.05, 4.69) is 5.43 Å². The van der Waals surface area contributed by atoms with E-state index in [4.69, 9.17) is 10.5 Å². The highest BCUT2D eigenvalue weighted by atomic mass is 16.5. The molecule has 0 fully saturated rings. The Morgan fingerprint density at radius 1 is 1.33 bits per heavy atom. The Labute approximate surface area is 108 Å². The van der Waals surface area contributed by atoms with Gasteiger partial charge in [0.25, 0.3) is 5.91 Å². The minimum atomic E-state index is -0.683. The maximum atomic E-state index is 11.9. The molecule has 18 heavy (non-hydrogen) atoms. The molecule has 0 aliphatic heterocycles. The third-order valence-electron chi connectivity index (χ3n) is 2.95. The van der Waals surface area contributed by atoms with Crippen molar-refractivity contribution in [3.8, 4) is 5.75 Å². The summed E-state index contributed by atoms with van der Waals surface area (Å²) in [7, 11) is 5.12. The lowest BCUT2D eigenvalue weighted by atomic mass is 9.97. The van der Waals surface area contributed by atoms with E-state index in [1.54, 1.807) is 26.2 Å². The van der Waals surface area contributed by atoms with Gasteiger partial charge in [-0.3, -0.25) is 10.2 Å². The van der Waals surface area contributed by atoms with Crippen LogP contribution in [0.5, 0.6) is 5.75 Å². The smallest absolute Gasteiger partial charge is 0.255 e. The van der Waals surface area contributed by atoms with E-state index in [0.717, 1.165) is 22.4 Å². The molecule has 1 aromatic rings. The maximum absolute atomic E-state index is 11.9. The Bertz CT molecular complexity index is 444. The number of carbonyl (C=O) groups excluding carboxylic acids is 1. The van der Waals surface area contributed by atoms with Gasteiger partial charge in [-0.1, -0.05) is 6.07 Å². The predicted molar refractivity (Wildman–Crippen MR) is 71.2 cm³/mol. The van der Waals surface area contributed by atoms with E-state index in [1.807, 2.05) is 26.0 Å². The van der Waals surface area contributed by atoms with Crippen molar-refractivity contribution in [3.05, 3.63) is 28.8 Å². The van der Waals surface area contributed by atoms with Crippen molar-refractivity contribution in [1.29, 1.82) is 0 Å². The number of benzene rings is 1. The molecule has 1 rings (SSSR count). The van der Waals surface area contributed by atoms with Crippen LogP contribution in [0.4, 0.5) is 0 Å². The van der Waals surface area contributed by atoms with Gasteiger partial charge in [0.05, 0.1) is 7.11 Å². The summed E-state index contributed by atoms with van der Waals surface area (Å²) in [6.07, 6.45) is 0. The quantitative estimate of drug-likeness (QED) is 0.780. The van der Waals surface area contributed by atoms with E-state index >= 15 is 0 Å². The van der Waals surface area contributed by atoms with Gasteiger partial charge < -0.3 is 10.5 Å². The Morgan fingerprint density at radius 2 is 1.94 bits per heavy atom. The zero-order valence-corrected chi connectivity index (χ0v) is 11.6. The average molecular weight is 251 g/mol. The van der Waals surface area contributed by atoms with Crippen LogP contribution in [0.2, 0.25) is 0 Å². The standard InChI is InChI=1S/C13H21N3O2/c1-8-9(2)11(18-5)7-6-10(8)12(14)13(17)15-16(3)4/h6-7,12H,14H2,1-5H3,(H,15,17). The Kier molecular flexibility index (Phi) is 4.69. The van der Waals surface area contributed by atoms with Crippen molar-refractivity contribution < 1.29 is 9.53 Å². The van der Waals surface area contributed by atoms with Crippen LogP contribution in [-0.4, -0.2) is 32.1 Å². The Balaban J connectivity index is 3.03. The molecule has 0 saturated carbocycles. The first-order chi connectivity index (χ1) is 8.38. The molecule has 0 radical (unpaired) electrons. The SMILES string of the molecule is COc1ccc(C(N)C(=O)NN(C)C)c(C)c1C. The summed E-state index contributed by atoms with van der Waals surface area (Å²) in [5.41, 5.74) is 11.4. The molecule has 5 heteroatoms. The van der Waals surface area contributed by atoms with Crippen LogP contribution in [0, 0.1) is 13.8 Å². The Morgan fingerprint density at radius 3 is 2.44 bits per heavy atom. The first-order valence-corrected chi connectivity index (χ1v) is 5.76. The van der Waals surface area contributed by atoms with Crippen molar-refractivity contribution >= 4 is 5.91 Å². The van der Waals surface area contributed by atoms with Crippen molar-refractivity contribution in [2.24, 2.45) is 5.73 Å². The molecular formula is C13H21N3O2. The zero-order chi connectivity index (χ0) is 13.9. The van der Waals surface area contributed by atoms with E-state index < -0.39 is 6.04 Å². The minimum absolute atomic E-state index is 0.229. The first-order valence-electron chi connectivity index (χ1n) is 5.76. The van der Waals surface area contributed by atoms with Crippen LogP contribution >= 0.6 is 0 Å². The van der Waals surface area contributed by atoms with Gasteiger partial charge in [-0.05, 0) is 36.6 Å². The fourth-order valence-corrected chi connectivity index (χ4v) is 1.81. The lowest BCUT2D eigenvalue weighted by molar-refractivity contribution is -0.126. The van der Waals surface area contributed by atoms with Gasteiger partial charge in [0, 0.05) is 14.1 Å². The molecule has 100 valence electrons. The van der Waals surface area contributed by atoms with Crippen LogP contribution in [0.1, 0.15) is 22.7 Å². The topological polar surface area (TPSA) is 67.6 Å². The molecule has 1 aromatic carbocycles. The zero-order valence-electron chi connectivity index (χ0n) is 11.6. The molecular weight excluding hydrogens is 230 g/mol. The minimum Gasteiger partial charge on any atom is -0.496 e. The average Bonchev–Trinajstić information content (AvgIpc) is 2.31. The third kappa shape index (κ3) is 3.00. The number of nitrogens with one attached hydrogen (secondary N) is 1. The fraction of sp³-hybridized carbons (Fsp3) is 0.462. The molecule has 0 heterocycles. The van der Waals surface area contributed by atoms with Gasteiger partial charge in [0.15, 0.2) is 0 Å². The number of amides is 1. The molecule has 1 amide bonds. The normalized spacial score (nSPS) is 12.4. The summed E-state index contributed by atoms with van der Waals surface area (Å²) in [5.74, 6) is 0.573. The molecule has 0 aromatic heterocycles. The van der Waals surface area contributed by atoms with Crippen LogP contribution in [-0.2, 0) is 4.79 Å². The summed E-state index contributed by atoms with van der Waals surface area (Å²) < 4.78 is 5.24. The molecule has 1 unspecified atom stereocenters. The number of nitrogens with two attached hydrogens (primary N) is 1. The fourth-order valence-electron chi connectivity index (χ4n) is 1.81. The summed E-state index contributed by atoms with van der Waals surface area (Å²) in [4.78, 5) is 11.9. The van der Waals surface area contributed by atoms with E-state index in [-0.39, 0.29) is 5.91 Å². The lowest BCUT2D eigenvalue weighted by Crippen LogP contribution is -2.42. The summed E-state index contributed by atoms with van der Waals surface area (Å²) >= 11 is 0. The number of methoxy groups -OCH3 is 1.